The molecule has 0 fully saturated rings. The first-order chi connectivity index (χ1) is 12.4. The van der Waals surface area contributed by atoms with E-state index in [1.807, 2.05) is 32.0 Å². The molecule has 1 atom stereocenters. The number of nitrogens with one attached hydrogen (secondary N) is 2. The molecule has 1 heterocycles. The lowest BCUT2D eigenvalue weighted by Crippen LogP contribution is -2.24. The van der Waals surface area contributed by atoms with Crippen molar-refractivity contribution < 1.29 is 19.4 Å². The number of nitrogens with zero attached hydrogens (tertiary/aromatic N) is 2. The molecule has 0 saturated heterocycles. The number of rotatable bonds is 9. The molecule has 1 amide bonds. The van der Waals surface area contributed by atoms with Crippen LogP contribution < -0.4 is 10.6 Å². The summed E-state index contributed by atoms with van der Waals surface area (Å²) in [6.45, 7) is 4.10. The molecule has 0 radical (unpaired) electrons. The number of carboxylic acids is 1. The Morgan fingerprint density at radius 3 is 2.65 bits per heavy atom. The van der Waals surface area contributed by atoms with Crippen molar-refractivity contribution in [3.05, 3.63) is 30.0 Å². The number of carboxylic acid groups (broad SMARTS) is 1. The molecule has 1 aromatic carbocycles. The van der Waals surface area contributed by atoms with Gasteiger partial charge in [0, 0.05) is 37.2 Å². The average molecular weight is 360 g/mol. The third kappa shape index (κ3) is 4.02. The van der Waals surface area contributed by atoms with Gasteiger partial charge in [0.1, 0.15) is 0 Å². The zero-order chi connectivity index (χ0) is 19.3. The van der Waals surface area contributed by atoms with Gasteiger partial charge in [-0.3, -0.25) is 9.48 Å². The predicted octanol–water partition coefficient (Wildman–Crippen LogP) is 2.59. The van der Waals surface area contributed by atoms with E-state index in [0.717, 1.165) is 16.8 Å². The highest BCUT2D eigenvalue weighted by atomic mass is 16.5. The molecule has 0 saturated carbocycles. The minimum absolute atomic E-state index is 0.169. The second kappa shape index (κ2) is 8.48. The number of hydrogen-bond donors (Lipinski definition) is 3. The Morgan fingerprint density at radius 2 is 2.12 bits per heavy atom. The maximum atomic E-state index is 11.6. The van der Waals surface area contributed by atoms with Crippen LogP contribution in [0.2, 0.25) is 0 Å². The van der Waals surface area contributed by atoms with Crippen LogP contribution in [0.1, 0.15) is 25.5 Å². The molecule has 8 heteroatoms. The lowest BCUT2D eigenvalue weighted by molar-refractivity contribution is -0.142. The number of carbonyl (C=O) groups excluding carboxylic acids is 1. The lowest BCUT2D eigenvalue weighted by atomic mass is 10.0. The van der Waals surface area contributed by atoms with E-state index in [9.17, 15) is 14.7 Å². The van der Waals surface area contributed by atoms with Crippen LogP contribution in [-0.2, 0) is 20.9 Å². The Balaban J connectivity index is 2.58. The Hall–Kier alpha value is -2.87. The van der Waals surface area contributed by atoms with Gasteiger partial charge in [-0.15, -0.1) is 0 Å². The van der Waals surface area contributed by atoms with Gasteiger partial charge in [0.2, 0.25) is 6.41 Å². The van der Waals surface area contributed by atoms with Crippen molar-refractivity contribution in [1.29, 1.82) is 0 Å². The molecule has 140 valence electrons. The zero-order valence-electron chi connectivity index (χ0n) is 15.3. The molecule has 0 aliphatic heterocycles. The molecule has 2 rings (SSSR count). The van der Waals surface area contributed by atoms with Crippen LogP contribution in [0.25, 0.3) is 11.1 Å². The van der Waals surface area contributed by atoms with E-state index in [1.54, 1.807) is 20.4 Å². The molecule has 26 heavy (non-hydrogen) atoms. The summed E-state index contributed by atoms with van der Waals surface area (Å²) in [5, 5.41) is 19.5. The van der Waals surface area contributed by atoms with E-state index in [1.165, 1.54) is 4.68 Å². The number of aliphatic carboxylic acids is 1. The first-order valence-electron chi connectivity index (χ1n) is 8.25. The maximum absolute atomic E-state index is 11.6. The minimum Gasteiger partial charge on any atom is -0.480 e. The molecule has 1 aromatic heterocycles. The van der Waals surface area contributed by atoms with Crippen molar-refractivity contribution in [2.75, 3.05) is 24.8 Å². The first kappa shape index (κ1) is 19.5. The summed E-state index contributed by atoms with van der Waals surface area (Å²) in [5.41, 5.74) is 3.25. The molecule has 8 nitrogen and oxygen atoms in total. The van der Waals surface area contributed by atoms with Gasteiger partial charge in [0.25, 0.3) is 0 Å². The third-order valence-corrected chi connectivity index (χ3v) is 4.05. The highest BCUT2D eigenvalue weighted by Crippen LogP contribution is 2.35. The highest BCUT2D eigenvalue weighted by Gasteiger charge is 2.26. The van der Waals surface area contributed by atoms with Gasteiger partial charge < -0.3 is 20.5 Å². The van der Waals surface area contributed by atoms with Crippen molar-refractivity contribution in [3.8, 4) is 11.1 Å². The van der Waals surface area contributed by atoms with Crippen molar-refractivity contribution in [2.24, 2.45) is 5.92 Å². The number of aromatic nitrogens is 2. The van der Waals surface area contributed by atoms with E-state index < -0.39 is 12.0 Å². The quantitative estimate of drug-likeness (QED) is 0.594. The fourth-order valence-corrected chi connectivity index (χ4v) is 2.89. The van der Waals surface area contributed by atoms with Crippen molar-refractivity contribution in [2.45, 2.75) is 26.5 Å². The zero-order valence-corrected chi connectivity index (χ0v) is 15.3. The number of ether oxygens (including phenoxy) is 1. The Kier molecular flexibility index (Phi) is 6.35. The lowest BCUT2D eigenvalue weighted by Gasteiger charge is -2.16. The van der Waals surface area contributed by atoms with Gasteiger partial charge in [-0.05, 0) is 17.5 Å². The first-order valence-corrected chi connectivity index (χ1v) is 8.25. The molecule has 0 spiro atoms. The summed E-state index contributed by atoms with van der Waals surface area (Å²) in [5.74, 6) is -0.837. The molecule has 0 aliphatic carbocycles. The van der Waals surface area contributed by atoms with Gasteiger partial charge in [0.15, 0.2) is 11.9 Å². The van der Waals surface area contributed by atoms with Crippen LogP contribution in [0.3, 0.4) is 0 Å². The summed E-state index contributed by atoms with van der Waals surface area (Å²) in [6.07, 6.45) is 2.18. The van der Waals surface area contributed by atoms with Crippen LogP contribution in [-0.4, -0.2) is 41.4 Å². The summed E-state index contributed by atoms with van der Waals surface area (Å²) < 4.78 is 6.54. The van der Waals surface area contributed by atoms with Gasteiger partial charge in [-0.25, -0.2) is 4.79 Å². The standard InChI is InChI=1S/C18H24N4O4/c1-11(2)16(18(24)25)22-8-14(17(21-22)20-10-23)13-6-5-12(9-26-4)7-15(13)19-3/h5-8,10-11,16,19H,9H2,1-4H3,(H,24,25)(H,20,21,23). The smallest absolute Gasteiger partial charge is 0.328 e. The van der Waals surface area contributed by atoms with Gasteiger partial charge in [-0.1, -0.05) is 26.0 Å². The summed E-state index contributed by atoms with van der Waals surface area (Å²) in [4.78, 5) is 22.6. The Morgan fingerprint density at radius 1 is 1.38 bits per heavy atom. The molecule has 3 N–H and O–H groups in total. The Labute approximate surface area is 152 Å². The number of anilines is 2. The largest absolute Gasteiger partial charge is 0.480 e. The molecule has 0 aliphatic rings. The highest BCUT2D eigenvalue weighted by molar-refractivity contribution is 5.88. The van der Waals surface area contributed by atoms with E-state index >= 15 is 0 Å². The van der Waals surface area contributed by atoms with Gasteiger partial charge >= 0.3 is 5.97 Å². The second-order valence-electron chi connectivity index (χ2n) is 6.22. The van der Waals surface area contributed by atoms with E-state index in [2.05, 4.69) is 15.7 Å². The number of hydrogen-bond acceptors (Lipinski definition) is 5. The van der Waals surface area contributed by atoms with Gasteiger partial charge in [0.05, 0.1) is 6.61 Å². The van der Waals surface area contributed by atoms with Crippen LogP contribution in [0.4, 0.5) is 11.5 Å². The molecule has 2 aromatic rings. The van der Waals surface area contributed by atoms with Crippen LogP contribution in [0.5, 0.6) is 0 Å². The number of benzene rings is 1. The van der Waals surface area contributed by atoms with Crippen molar-refractivity contribution in [1.82, 2.24) is 9.78 Å². The molecular weight excluding hydrogens is 336 g/mol. The molecule has 1 unspecified atom stereocenters. The summed E-state index contributed by atoms with van der Waals surface area (Å²) in [7, 11) is 3.42. The topological polar surface area (TPSA) is 105 Å². The SMILES string of the molecule is CNc1cc(COC)ccc1-c1cn(C(C(=O)O)C(C)C)nc1NC=O. The molecular formula is C18H24N4O4. The number of amides is 1. The van der Waals surface area contributed by atoms with Crippen molar-refractivity contribution >= 4 is 23.9 Å². The average Bonchev–Trinajstić information content (AvgIpc) is 2.97. The minimum atomic E-state index is -0.976. The van der Waals surface area contributed by atoms with E-state index in [4.69, 9.17) is 4.74 Å². The summed E-state index contributed by atoms with van der Waals surface area (Å²) in [6, 6.07) is 4.92. The number of methoxy groups -OCH3 is 1. The molecule has 0 bridgehead atoms. The van der Waals surface area contributed by atoms with Gasteiger partial charge in [-0.2, -0.15) is 5.10 Å². The third-order valence-electron chi connectivity index (χ3n) is 4.05. The number of carbonyl (C=O) groups is 2. The van der Waals surface area contributed by atoms with Crippen LogP contribution in [0.15, 0.2) is 24.4 Å². The predicted molar refractivity (Wildman–Crippen MR) is 99.1 cm³/mol. The van der Waals surface area contributed by atoms with Crippen LogP contribution in [0, 0.1) is 5.92 Å². The van der Waals surface area contributed by atoms with Crippen molar-refractivity contribution in [3.63, 3.8) is 0 Å². The van der Waals surface area contributed by atoms with Crippen LogP contribution >= 0.6 is 0 Å². The fourth-order valence-electron chi connectivity index (χ4n) is 2.89. The van der Waals surface area contributed by atoms with E-state index in [0.29, 0.717) is 24.4 Å². The van der Waals surface area contributed by atoms with E-state index in [-0.39, 0.29) is 5.92 Å². The maximum Gasteiger partial charge on any atom is 0.328 e. The Bertz CT molecular complexity index is 785. The fraction of sp³-hybridized carbons (Fsp3) is 0.389. The second-order valence-corrected chi connectivity index (χ2v) is 6.22. The summed E-state index contributed by atoms with van der Waals surface area (Å²) >= 11 is 0. The monoisotopic (exact) mass is 360 g/mol. The normalized spacial score (nSPS) is 12.0.